The SMILES string of the molecule is CCNC1(CO)CCC(n2ccnc2-c2ccccc2)C1. The normalized spacial score (nSPS) is 25.3. The third-order valence-corrected chi connectivity index (χ3v) is 4.53. The molecule has 0 spiro atoms. The number of nitrogens with zero attached hydrogens (tertiary/aromatic N) is 2. The standard InChI is InChI=1S/C17H23N3O/c1-2-19-17(13-21)9-8-15(12-17)20-11-10-18-16(20)14-6-4-3-5-7-14/h3-7,10-11,15,19,21H,2,8-9,12-13H2,1H3. The molecule has 2 unspecified atom stereocenters. The van der Waals surface area contributed by atoms with E-state index in [2.05, 4.69) is 40.1 Å². The minimum atomic E-state index is -0.127. The Labute approximate surface area is 125 Å². The van der Waals surface area contributed by atoms with Crippen LogP contribution in [0.5, 0.6) is 0 Å². The van der Waals surface area contributed by atoms with Crippen molar-refractivity contribution >= 4 is 0 Å². The molecule has 4 heteroatoms. The predicted molar refractivity (Wildman–Crippen MR) is 84.0 cm³/mol. The molecule has 1 aromatic carbocycles. The number of aliphatic hydroxyl groups is 1. The fraction of sp³-hybridized carbons (Fsp3) is 0.471. The van der Waals surface area contributed by atoms with E-state index in [-0.39, 0.29) is 12.1 Å². The third-order valence-electron chi connectivity index (χ3n) is 4.53. The van der Waals surface area contributed by atoms with Gasteiger partial charge in [-0.15, -0.1) is 0 Å². The average Bonchev–Trinajstić information content (AvgIpc) is 3.15. The molecular formula is C17H23N3O. The smallest absolute Gasteiger partial charge is 0.140 e. The Balaban J connectivity index is 1.85. The zero-order chi connectivity index (χ0) is 14.7. The first-order valence-electron chi connectivity index (χ1n) is 7.72. The van der Waals surface area contributed by atoms with Crippen molar-refractivity contribution in [3.63, 3.8) is 0 Å². The second kappa shape index (κ2) is 6.00. The van der Waals surface area contributed by atoms with Crippen molar-refractivity contribution in [2.75, 3.05) is 13.2 Å². The second-order valence-electron chi connectivity index (χ2n) is 5.89. The topological polar surface area (TPSA) is 50.1 Å². The summed E-state index contributed by atoms with van der Waals surface area (Å²) >= 11 is 0. The summed E-state index contributed by atoms with van der Waals surface area (Å²) in [5.74, 6) is 1.02. The van der Waals surface area contributed by atoms with Crippen molar-refractivity contribution < 1.29 is 5.11 Å². The van der Waals surface area contributed by atoms with Gasteiger partial charge in [0.1, 0.15) is 5.82 Å². The van der Waals surface area contributed by atoms with Crippen molar-refractivity contribution in [1.29, 1.82) is 0 Å². The van der Waals surface area contributed by atoms with Crippen LogP contribution in [0.3, 0.4) is 0 Å². The molecule has 0 saturated heterocycles. The van der Waals surface area contributed by atoms with Crippen LogP contribution in [0.15, 0.2) is 42.7 Å². The molecule has 1 aromatic heterocycles. The highest BCUT2D eigenvalue weighted by Crippen LogP contribution is 2.39. The Bertz CT molecular complexity index is 581. The number of imidazole rings is 1. The number of likely N-dealkylation sites (N-methyl/N-ethyl adjacent to an activating group) is 1. The van der Waals surface area contributed by atoms with Gasteiger partial charge in [0.25, 0.3) is 0 Å². The fourth-order valence-corrected chi connectivity index (χ4v) is 3.49. The number of benzene rings is 1. The van der Waals surface area contributed by atoms with E-state index in [1.165, 1.54) is 0 Å². The van der Waals surface area contributed by atoms with Gasteiger partial charge >= 0.3 is 0 Å². The molecule has 1 saturated carbocycles. The summed E-state index contributed by atoms with van der Waals surface area (Å²) in [5, 5.41) is 13.2. The maximum absolute atomic E-state index is 9.76. The van der Waals surface area contributed by atoms with Crippen LogP contribution < -0.4 is 5.32 Å². The molecule has 112 valence electrons. The van der Waals surface area contributed by atoms with E-state index >= 15 is 0 Å². The molecule has 1 aliphatic rings. The van der Waals surface area contributed by atoms with Gasteiger partial charge in [-0.1, -0.05) is 37.3 Å². The molecule has 1 fully saturated rings. The van der Waals surface area contributed by atoms with Crippen LogP contribution in [0.1, 0.15) is 32.2 Å². The molecule has 2 atom stereocenters. The van der Waals surface area contributed by atoms with Crippen LogP contribution in [0, 0.1) is 0 Å². The molecule has 1 heterocycles. The van der Waals surface area contributed by atoms with Crippen LogP contribution in [0.4, 0.5) is 0 Å². The van der Waals surface area contributed by atoms with Crippen molar-refractivity contribution in [3.05, 3.63) is 42.7 Å². The van der Waals surface area contributed by atoms with Crippen molar-refractivity contribution in [1.82, 2.24) is 14.9 Å². The maximum Gasteiger partial charge on any atom is 0.140 e. The minimum Gasteiger partial charge on any atom is -0.394 e. The summed E-state index contributed by atoms with van der Waals surface area (Å²) < 4.78 is 2.27. The molecule has 1 aliphatic carbocycles. The van der Waals surface area contributed by atoms with Gasteiger partial charge in [-0.3, -0.25) is 0 Å². The molecule has 3 rings (SSSR count). The quantitative estimate of drug-likeness (QED) is 0.888. The van der Waals surface area contributed by atoms with Crippen LogP contribution in [-0.2, 0) is 0 Å². The van der Waals surface area contributed by atoms with Crippen molar-refractivity contribution in [2.45, 2.75) is 37.8 Å². The number of hydrogen-bond donors (Lipinski definition) is 2. The lowest BCUT2D eigenvalue weighted by Gasteiger charge is -2.28. The number of aliphatic hydroxyl groups excluding tert-OH is 1. The number of nitrogens with one attached hydrogen (secondary N) is 1. The van der Waals surface area contributed by atoms with E-state index in [1.54, 1.807) is 0 Å². The Hall–Kier alpha value is -1.65. The average molecular weight is 285 g/mol. The summed E-state index contributed by atoms with van der Waals surface area (Å²) in [7, 11) is 0. The van der Waals surface area contributed by atoms with E-state index in [9.17, 15) is 5.11 Å². The van der Waals surface area contributed by atoms with Crippen LogP contribution in [0.2, 0.25) is 0 Å². The van der Waals surface area contributed by atoms with Gasteiger partial charge in [0, 0.05) is 29.5 Å². The lowest BCUT2D eigenvalue weighted by molar-refractivity contribution is 0.163. The number of hydrogen-bond acceptors (Lipinski definition) is 3. The lowest BCUT2D eigenvalue weighted by atomic mass is 9.98. The molecule has 4 nitrogen and oxygen atoms in total. The fourth-order valence-electron chi connectivity index (χ4n) is 3.49. The van der Waals surface area contributed by atoms with Gasteiger partial charge in [0.05, 0.1) is 6.61 Å². The Kier molecular flexibility index (Phi) is 4.08. The van der Waals surface area contributed by atoms with E-state index < -0.39 is 0 Å². The molecule has 2 N–H and O–H groups in total. The van der Waals surface area contributed by atoms with Gasteiger partial charge in [-0.2, -0.15) is 0 Å². The highest BCUT2D eigenvalue weighted by molar-refractivity contribution is 5.55. The summed E-state index contributed by atoms with van der Waals surface area (Å²) in [5.41, 5.74) is 1.02. The molecule has 0 amide bonds. The van der Waals surface area contributed by atoms with Crippen LogP contribution >= 0.6 is 0 Å². The molecule has 0 aliphatic heterocycles. The first kappa shape index (κ1) is 14.3. The van der Waals surface area contributed by atoms with Crippen molar-refractivity contribution in [3.8, 4) is 11.4 Å². The van der Waals surface area contributed by atoms with Crippen molar-refractivity contribution in [2.24, 2.45) is 0 Å². The van der Waals surface area contributed by atoms with Gasteiger partial charge in [0.2, 0.25) is 0 Å². The number of rotatable bonds is 5. The predicted octanol–water partition coefficient (Wildman–Crippen LogP) is 2.62. The van der Waals surface area contributed by atoms with Crippen LogP contribution in [-0.4, -0.2) is 33.3 Å². The van der Waals surface area contributed by atoms with E-state index in [0.717, 1.165) is 37.2 Å². The lowest BCUT2D eigenvalue weighted by Crippen LogP contribution is -2.46. The van der Waals surface area contributed by atoms with Gasteiger partial charge < -0.3 is 15.0 Å². The first-order valence-corrected chi connectivity index (χ1v) is 7.72. The zero-order valence-corrected chi connectivity index (χ0v) is 12.5. The highest BCUT2D eigenvalue weighted by Gasteiger charge is 2.39. The highest BCUT2D eigenvalue weighted by atomic mass is 16.3. The van der Waals surface area contributed by atoms with E-state index in [0.29, 0.717) is 6.04 Å². The largest absolute Gasteiger partial charge is 0.394 e. The molecule has 21 heavy (non-hydrogen) atoms. The first-order chi connectivity index (χ1) is 10.3. The molecular weight excluding hydrogens is 262 g/mol. The van der Waals surface area contributed by atoms with Gasteiger partial charge in [-0.25, -0.2) is 4.98 Å². The summed E-state index contributed by atoms with van der Waals surface area (Å²) in [6.45, 7) is 3.19. The Morgan fingerprint density at radius 1 is 1.38 bits per heavy atom. The Morgan fingerprint density at radius 3 is 2.90 bits per heavy atom. The maximum atomic E-state index is 9.76. The van der Waals surface area contributed by atoms with E-state index in [1.807, 2.05) is 24.4 Å². The molecule has 0 radical (unpaired) electrons. The van der Waals surface area contributed by atoms with Gasteiger partial charge in [-0.05, 0) is 25.8 Å². The summed E-state index contributed by atoms with van der Waals surface area (Å²) in [6, 6.07) is 10.7. The summed E-state index contributed by atoms with van der Waals surface area (Å²) in [6.07, 6.45) is 6.96. The van der Waals surface area contributed by atoms with E-state index in [4.69, 9.17) is 0 Å². The van der Waals surface area contributed by atoms with Crippen LogP contribution in [0.25, 0.3) is 11.4 Å². The molecule has 0 bridgehead atoms. The zero-order valence-electron chi connectivity index (χ0n) is 12.5. The molecule has 2 aromatic rings. The third kappa shape index (κ3) is 2.74. The minimum absolute atomic E-state index is 0.127. The summed E-state index contributed by atoms with van der Waals surface area (Å²) in [4.78, 5) is 4.53. The Morgan fingerprint density at radius 2 is 2.19 bits per heavy atom. The monoisotopic (exact) mass is 285 g/mol. The van der Waals surface area contributed by atoms with Gasteiger partial charge in [0.15, 0.2) is 0 Å². The second-order valence-corrected chi connectivity index (χ2v) is 5.89. The number of aromatic nitrogens is 2.